The lowest BCUT2D eigenvalue weighted by molar-refractivity contribution is 0.301. The van der Waals surface area contributed by atoms with E-state index >= 15 is 0 Å². The Bertz CT molecular complexity index is 619. The van der Waals surface area contributed by atoms with Crippen molar-refractivity contribution in [3.63, 3.8) is 0 Å². The zero-order valence-corrected chi connectivity index (χ0v) is 12.3. The molecule has 0 unspecified atom stereocenters. The van der Waals surface area contributed by atoms with Crippen molar-refractivity contribution in [1.82, 2.24) is 0 Å². The smallest absolute Gasteiger partial charge is 0.135 e. The molecule has 0 aliphatic rings. The Hall–Kier alpha value is -1.98. The fraction of sp³-hybridized carbons (Fsp3) is 0.188. The lowest BCUT2D eigenvalue weighted by Crippen LogP contribution is -2.29. The summed E-state index contributed by atoms with van der Waals surface area (Å²) in [5.74, 6) is -0.448. The minimum absolute atomic E-state index is 0.0131. The highest BCUT2D eigenvalue weighted by atomic mass is 32.1. The molecule has 2 aromatic rings. The summed E-state index contributed by atoms with van der Waals surface area (Å²) in [5.41, 5.74) is 7.52. The number of benzene rings is 2. The Kier molecular flexibility index (Phi) is 5.25. The van der Waals surface area contributed by atoms with Gasteiger partial charge in [-0.25, -0.2) is 4.39 Å². The lowest BCUT2D eigenvalue weighted by atomic mass is 10.1. The summed E-state index contributed by atoms with van der Waals surface area (Å²) in [6.07, 6.45) is 0. The average Bonchev–Trinajstić information content (AvgIpc) is 2.47. The topological polar surface area (TPSA) is 49.5 Å². The number of hydrogen-bond donors (Lipinski definition) is 2. The van der Waals surface area contributed by atoms with Crippen LogP contribution >= 0.6 is 12.2 Å². The minimum atomic E-state index is -0.448. The van der Waals surface area contributed by atoms with Crippen molar-refractivity contribution in [2.45, 2.75) is 6.54 Å². The van der Waals surface area contributed by atoms with Crippen molar-refractivity contribution in [2.75, 3.05) is 18.1 Å². The fourth-order valence-electron chi connectivity index (χ4n) is 2.23. The van der Waals surface area contributed by atoms with Gasteiger partial charge in [-0.2, -0.15) is 0 Å². The molecule has 0 aliphatic carbocycles. The Morgan fingerprint density at radius 1 is 1.14 bits per heavy atom. The maximum absolute atomic E-state index is 14.0. The van der Waals surface area contributed by atoms with Crippen molar-refractivity contribution in [3.8, 4) is 0 Å². The number of anilines is 1. The maximum atomic E-state index is 14.0. The number of aliphatic hydroxyl groups excluding tert-OH is 1. The van der Waals surface area contributed by atoms with Gasteiger partial charge in [0.15, 0.2) is 0 Å². The van der Waals surface area contributed by atoms with Gasteiger partial charge in [-0.05, 0) is 17.7 Å². The molecular weight excluding hydrogens is 287 g/mol. The van der Waals surface area contributed by atoms with Crippen LogP contribution in [0.5, 0.6) is 0 Å². The van der Waals surface area contributed by atoms with Crippen molar-refractivity contribution in [3.05, 3.63) is 65.5 Å². The molecule has 0 bridgehead atoms. The highest BCUT2D eigenvalue weighted by molar-refractivity contribution is 7.80. The Morgan fingerprint density at radius 3 is 2.48 bits per heavy atom. The summed E-state index contributed by atoms with van der Waals surface area (Å²) >= 11 is 4.95. The quantitative estimate of drug-likeness (QED) is 0.805. The van der Waals surface area contributed by atoms with Gasteiger partial charge < -0.3 is 15.7 Å². The predicted molar refractivity (Wildman–Crippen MR) is 86.9 cm³/mol. The molecule has 2 rings (SSSR count). The van der Waals surface area contributed by atoms with Crippen LogP contribution in [-0.2, 0) is 6.54 Å². The maximum Gasteiger partial charge on any atom is 0.135 e. The van der Waals surface area contributed by atoms with Gasteiger partial charge in [-0.3, -0.25) is 0 Å². The molecule has 5 heteroatoms. The molecule has 0 saturated heterocycles. The molecule has 0 aliphatic heterocycles. The summed E-state index contributed by atoms with van der Waals surface area (Å²) in [5, 5.41) is 9.28. The summed E-state index contributed by atoms with van der Waals surface area (Å²) < 4.78 is 14.0. The van der Waals surface area contributed by atoms with E-state index < -0.39 is 5.82 Å². The molecule has 0 spiro atoms. The average molecular weight is 304 g/mol. The number of nitrogens with two attached hydrogens (primary N) is 1. The van der Waals surface area contributed by atoms with E-state index in [-0.39, 0.29) is 17.2 Å². The number of rotatable bonds is 6. The molecule has 3 nitrogen and oxygen atoms in total. The highest BCUT2D eigenvalue weighted by Gasteiger charge is 2.16. The zero-order chi connectivity index (χ0) is 15.2. The van der Waals surface area contributed by atoms with Crippen LogP contribution in [0.3, 0.4) is 0 Å². The van der Waals surface area contributed by atoms with Gasteiger partial charge in [-0.15, -0.1) is 0 Å². The van der Waals surface area contributed by atoms with Crippen LogP contribution in [0.15, 0.2) is 48.5 Å². The minimum Gasteiger partial charge on any atom is -0.395 e. The van der Waals surface area contributed by atoms with Crippen molar-refractivity contribution < 1.29 is 9.50 Å². The van der Waals surface area contributed by atoms with Crippen LogP contribution in [-0.4, -0.2) is 23.2 Å². The number of halogens is 1. The van der Waals surface area contributed by atoms with E-state index in [0.29, 0.717) is 18.8 Å². The third-order valence-corrected chi connectivity index (χ3v) is 3.37. The largest absolute Gasteiger partial charge is 0.395 e. The fourth-order valence-corrected chi connectivity index (χ4v) is 2.43. The SMILES string of the molecule is NC(=S)c1c(F)cccc1N(CCO)Cc1ccccc1. The van der Waals surface area contributed by atoms with Gasteiger partial charge in [-0.1, -0.05) is 48.6 Å². The summed E-state index contributed by atoms with van der Waals surface area (Å²) in [4.78, 5) is 1.88. The normalized spacial score (nSPS) is 10.4. The zero-order valence-electron chi connectivity index (χ0n) is 11.5. The van der Waals surface area contributed by atoms with E-state index in [1.807, 2.05) is 35.2 Å². The molecule has 0 radical (unpaired) electrons. The van der Waals surface area contributed by atoms with Crippen LogP contribution in [0.2, 0.25) is 0 Å². The second kappa shape index (κ2) is 7.15. The van der Waals surface area contributed by atoms with Gasteiger partial charge in [0, 0.05) is 13.1 Å². The van der Waals surface area contributed by atoms with E-state index in [2.05, 4.69) is 0 Å². The standard InChI is InChI=1S/C16H17FN2OS/c17-13-7-4-8-14(15(13)16(18)21)19(9-10-20)11-12-5-2-1-3-6-12/h1-8,20H,9-11H2,(H2,18,21). The molecule has 0 fully saturated rings. The van der Waals surface area contributed by atoms with Gasteiger partial charge in [0.25, 0.3) is 0 Å². The first-order chi connectivity index (χ1) is 10.1. The van der Waals surface area contributed by atoms with Gasteiger partial charge in [0.1, 0.15) is 10.8 Å². The van der Waals surface area contributed by atoms with E-state index in [1.165, 1.54) is 6.07 Å². The molecule has 0 saturated carbocycles. The van der Waals surface area contributed by atoms with Crippen molar-refractivity contribution in [2.24, 2.45) is 5.73 Å². The van der Waals surface area contributed by atoms with E-state index in [4.69, 9.17) is 18.0 Å². The highest BCUT2D eigenvalue weighted by Crippen LogP contribution is 2.24. The molecular formula is C16H17FN2OS. The first-order valence-electron chi connectivity index (χ1n) is 6.61. The third-order valence-electron chi connectivity index (χ3n) is 3.16. The van der Waals surface area contributed by atoms with Gasteiger partial charge >= 0.3 is 0 Å². The van der Waals surface area contributed by atoms with Gasteiger partial charge in [0.05, 0.1) is 17.9 Å². The van der Waals surface area contributed by atoms with E-state index in [9.17, 15) is 9.50 Å². The second-order valence-electron chi connectivity index (χ2n) is 4.63. The molecule has 3 N–H and O–H groups in total. The Balaban J connectivity index is 2.39. The van der Waals surface area contributed by atoms with Crippen LogP contribution in [0.25, 0.3) is 0 Å². The van der Waals surface area contributed by atoms with Crippen LogP contribution in [0.4, 0.5) is 10.1 Å². The third kappa shape index (κ3) is 3.77. The predicted octanol–water partition coefficient (Wildman–Crippen LogP) is 2.46. The molecule has 110 valence electrons. The molecule has 0 heterocycles. The first-order valence-corrected chi connectivity index (χ1v) is 7.02. The summed E-state index contributed by atoms with van der Waals surface area (Å²) in [6.45, 7) is 0.870. The van der Waals surface area contributed by atoms with Crippen LogP contribution < -0.4 is 10.6 Å². The molecule has 0 amide bonds. The summed E-state index contributed by atoms with van der Waals surface area (Å²) in [7, 11) is 0. The Morgan fingerprint density at radius 2 is 1.86 bits per heavy atom. The number of hydrogen-bond acceptors (Lipinski definition) is 3. The number of aliphatic hydroxyl groups is 1. The van der Waals surface area contributed by atoms with Gasteiger partial charge in [0.2, 0.25) is 0 Å². The Labute approximate surface area is 128 Å². The van der Waals surface area contributed by atoms with Crippen LogP contribution in [0, 0.1) is 5.82 Å². The second-order valence-corrected chi connectivity index (χ2v) is 5.07. The monoisotopic (exact) mass is 304 g/mol. The first kappa shape index (κ1) is 15.4. The lowest BCUT2D eigenvalue weighted by Gasteiger charge is -2.26. The number of thiocarbonyl (C=S) groups is 1. The van der Waals surface area contributed by atoms with E-state index in [1.54, 1.807) is 12.1 Å². The van der Waals surface area contributed by atoms with E-state index in [0.717, 1.165) is 5.56 Å². The molecule has 0 atom stereocenters. The summed E-state index contributed by atoms with van der Waals surface area (Å²) in [6, 6.07) is 14.5. The van der Waals surface area contributed by atoms with Crippen molar-refractivity contribution >= 4 is 22.9 Å². The number of nitrogens with zero attached hydrogens (tertiary/aromatic N) is 1. The van der Waals surface area contributed by atoms with Crippen LogP contribution in [0.1, 0.15) is 11.1 Å². The molecule has 2 aromatic carbocycles. The van der Waals surface area contributed by atoms with Crippen molar-refractivity contribution in [1.29, 1.82) is 0 Å². The molecule has 0 aromatic heterocycles. The molecule has 21 heavy (non-hydrogen) atoms.